The zero-order chi connectivity index (χ0) is 16.7. The van der Waals surface area contributed by atoms with Crippen molar-refractivity contribution in [1.82, 2.24) is 0 Å². The predicted molar refractivity (Wildman–Crippen MR) is 94.8 cm³/mol. The highest BCUT2D eigenvalue weighted by molar-refractivity contribution is 6.69. The fraction of sp³-hybridized carbons (Fsp3) is 0.588. The van der Waals surface area contributed by atoms with Crippen LogP contribution in [0.4, 0.5) is 5.69 Å². The number of aliphatic imine (C=N–C) groups is 1. The second kappa shape index (κ2) is 5.62. The largest absolute Gasteiger partial charge is 0.497 e. The van der Waals surface area contributed by atoms with Crippen LogP contribution in [0.25, 0.3) is 0 Å². The molecule has 1 aromatic carbocycles. The third kappa shape index (κ3) is 2.63. The third-order valence-electron chi connectivity index (χ3n) is 5.21. The molecule has 0 radical (unpaired) electrons. The molecular formula is C17H27BN2O2. The first-order valence-corrected chi connectivity index (χ1v) is 7.71. The van der Waals surface area contributed by atoms with Crippen molar-refractivity contribution in [3.05, 3.63) is 17.2 Å². The number of anilines is 1. The van der Waals surface area contributed by atoms with Gasteiger partial charge in [-0.3, -0.25) is 4.99 Å². The summed E-state index contributed by atoms with van der Waals surface area (Å²) in [5.74, 6) is 0.823. The molecule has 1 aliphatic heterocycles. The Hall–Kier alpha value is -1.49. The lowest BCUT2D eigenvalue weighted by Crippen LogP contribution is -2.36. The summed E-state index contributed by atoms with van der Waals surface area (Å²) in [5, 5.41) is 0. The molecule has 0 spiro atoms. The van der Waals surface area contributed by atoms with Gasteiger partial charge in [-0.15, -0.1) is 0 Å². The van der Waals surface area contributed by atoms with E-state index in [0.717, 1.165) is 28.7 Å². The van der Waals surface area contributed by atoms with Crippen molar-refractivity contribution in [3.63, 3.8) is 0 Å². The van der Waals surface area contributed by atoms with Crippen molar-refractivity contribution in [2.24, 2.45) is 10.4 Å². The van der Waals surface area contributed by atoms with Crippen LogP contribution in [0.1, 0.15) is 38.8 Å². The number of ether oxygens (including phenoxy) is 1. The Bertz CT molecular complexity index is 593. The smallest absolute Gasteiger partial charge is 0.331 e. The van der Waals surface area contributed by atoms with Crippen molar-refractivity contribution >= 4 is 24.3 Å². The van der Waals surface area contributed by atoms with Crippen LogP contribution in [0, 0.1) is 12.3 Å². The molecule has 0 atom stereocenters. The van der Waals surface area contributed by atoms with E-state index in [2.05, 4.69) is 38.8 Å². The average molecular weight is 302 g/mol. The maximum absolute atomic E-state index is 6.36. The summed E-state index contributed by atoms with van der Waals surface area (Å²) in [6, 6.07) is 2.05. The number of benzene rings is 1. The number of nitrogens with zero attached hydrogens (tertiary/aromatic N) is 1. The SMILES string of the molecule is CN=Cc1cc(B2CC(C)(C)C(C)(C)O2)c(OC)c(C)c1N. The summed E-state index contributed by atoms with van der Waals surface area (Å²) in [5.41, 5.74) is 9.75. The van der Waals surface area contributed by atoms with Crippen molar-refractivity contribution < 1.29 is 9.39 Å². The van der Waals surface area contributed by atoms with E-state index in [1.165, 1.54) is 0 Å². The van der Waals surface area contributed by atoms with Gasteiger partial charge in [-0.05, 0) is 38.0 Å². The van der Waals surface area contributed by atoms with E-state index >= 15 is 0 Å². The van der Waals surface area contributed by atoms with Gasteiger partial charge in [-0.1, -0.05) is 19.9 Å². The van der Waals surface area contributed by atoms with Gasteiger partial charge in [0.25, 0.3) is 0 Å². The molecular weight excluding hydrogens is 275 g/mol. The van der Waals surface area contributed by atoms with Gasteiger partial charge in [-0.25, -0.2) is 0 Å². The Morgan fingerprint density at radius 2 is 2.00 bits per heavy atom. The van der Waals surface area contributed by atoms with Gasteiger partial charge in [0, 0.05) is 30.1 Å². The van der Waals surface area contributed by atoms with Gasteiger partial charge in [0.1, 0.15) is 5.75 Å². The molecule has 2 N–H and O–H groups in total. The molecule has 4 nitrogen and oxygen atoms in total. The van der Waals surface area contributed by atoms with Gasteiger partial charge in [0.05, 0.1) is 12.7 Å². The summed E-state index contributed by atoms with van der Waals surface area (Å²) < 4.78 is 12.0. The van der Waals surface area contributed by atoms with E-state index in [-0.39, 0.29) is 17.9 Å². The molecule has 2 rings (SSSR count). The van der Waals surface area contributed by atoms with Crippen LogP contribution in [0.5, 0.6) is 5.75 Å². The molecule has 1 aliphatic rings. The average Bonchev–Trinajstić information content (AvgIpc) is 2.64. The molecule has 1 aromatic rings. The minimum absolute atomic E-state index is 0.00301. The topological polar surface area (TPSA) is 56.8 Å². The molecule has 0 unspecified atom stereocenters. The minimum atomic E-state index is -0.184. The number of nitrogens with two attached hydrogens (primary N) is 1. The van der Waals surface area contributed by atoms with Crippen molar-refractivity contribution in [2.75, 3.05) is 19.9 Å². The lowest BCUT2D eigenvalue weighted by atomic mass is 9.53. The van der Waals surface area contributed by atoms with Crippen LogP contribution >= 0.6 is 0 Å². The Labute approximate surface area is 134 Å². The summed E-state index contributed by atoms with van der Waals surface area (Å²) in [6.45, 7) is 10.8. The monoisotopic (exact) mass is 302 g/mol. The molecule has 0 aromatic heterocycles. The van der Waals surface area contributed by atoms with E-state index in [1.54, 1.807) is 20.4 Å². The van der Waals surface area contributed by atoms with E-state index in [0.29, 0.717) is 5.69 Å². The lowest BCUT2D eigenvalue weighted by molar-refractivity contribution is 0.0375. The molecule has 1 fully saturated rings. The highest BCUT2D eigenvalue weighted by atomic mass is 16.5. The Kier molecular flexibility index (Phi) is 4.31. The molecule has 0 saturated carbocycles. The summed E-state index contributed by atoms with van der Waals surface area (Å²) in [6.07, 6.45) is 2.74. The summed E-state index contributed by atoms with van der Waals surface area (Å²) in [7, 11) is 3.43. The van der Waals surface area contributed by atoms with Gasteiger partial charge in [-0.2, -0.15) is 0 Å². The zero-order valence-corrected chi connectivity index (χ0v) is 14.8. The number of hydrogen-bond donors (Lipinski definition) is 1. The van der Waals surface area contributed by atoms with Gasteiger partial charge in [0.2, 0.25) is 0 Å². The van der Waals surface area contributed by atoms with Crippen molar-refractivity contribution in [1.29, 1.82) is 0 Å². The van der Waals surface area contributed by atoms with E-state index in [1.807, 2.05) is 6.92 Å². The zero-order valence-electron chi connectivity index (χ0n) is 14.8. The van der Waals surface area contributed by atoms with E-state index < -0.39 is 0 Å². The molecule has 0 aliphatic carbocycles. The fourth-order valence-corrected chi connectivity index (χ4v) is 3.06. The molecule has 0 amide bonds. The number of hydrogen-bond acceptors (Lipinski definition) is 4. The van der Waals surface area contributed by atoms with E-state index in [4.69, 9.17) is 15.1 Å². The Morgan fingerprint density at radius 1 is 1.36 bits per heavy atom. The highest BCUT2D eigenvalue weighted by Gasteiger charge is 2.50. The molecule has 22 heavy (non-hydrogen) atoms. The first-order chi connectivity index (χ1) is 10.1. The molecule has 120 valence electrons. The molecule has 5 heteroatoms. The van der Waals surface area contributed by atoms with Gasteiger partial charge >= 0.3 is 6.92 Å². The fourth-order valence-electron chi connectivity index (χ4n) is 3.06. The van der Waals surface area contributed by atoms with Crippen LogP contribution < -0.4 is 15.9 Å². The number of methoxy groups -OCH3 is 1. The summed E-state index contributed by atoms with van der Waals surface area (Å²) in [4.78, 5) is 4.10. The van der Waals surface area contributed by atoms with Crippen LogP contribution in [0.3, 0.4) is 0 Å². The second-order valence-corrected chi connectivity index (χ2v) is 7.22. The van der Waals surface area contributed by atoms with Gasteiger partial charge < -0.3 is 15.1 Å². The van der Waals surface area contributed by atoms with Crippen molar-refractivity contribution in [3.8, 4) is 5.75 Å². The first kappa shape index (κ1) is 16.9. The summed E-state index contributed by atoms with van der Waals surface area (Å²) >= 11 is 0. The maximum atomic E-state index is 6.36. The third-order valence-corrected chi connectivity index (χ3v) is 5.21. The first-order valence-electron chi connectivity index (χ1n) is 7.71. The second-order valence-electron chi connectivity index (χ2n) is 7.22. The predicted octanol–water partition coefficient (Wildman–Crippen LogP) is 2.67. The van der Waals surface area contributed by atoms with Crippen LogP contribution in [-0.4, -0.2) is 32.9 Å². The van der Waals surface area contributed by atoms with Crippen LogP contribution in [0.2, 0.25) is 6.32 Å². The normalized spacial score (nSPS) is 19.9. The standard InChI is InChI=1S/C17H27BN2O2/c1-11-14(19)12(9-20-6)8-13(15(11)21-7)18-10-16(2,3)17(4,5)22-18/h8-9H,10,19H2,1-7H3. The number of rotatable bonds is 3. The van der Waals surface area contributed by atoms with Crippen molar-refractivity contribution in [2.45, 2.75) is 46.5 Å². The van der Waals surface area contributed by atoms with E-state index in [9.17, 15) is 0 Å². The Morgan fingerprint density at radius 3 is 2.45 bits per heavy atom. The van der Waals surface area contributed by atoms with Crippen LogP contribution in [-0.2, 0) is 4.65 Å². The lowest BCUT2D eigenvalue weighted by Gasteiger charge is -2.34. The molecule has 1 saturated heterocycles. The minimum Gasteiger partial charge on any atom is -0.497 e. The number of nitrogen functional groups attached to an aromatic ring is 1. The van der Waals surface area contributed by atoms with Crippen LogP contribution in [0.15, 0.2) is 11.1 Å². The van der Waals surface area contributed by atoms with Gasteiger partial charge in [0.15, 0.2) is 0 Å². The maximum Gasteiger partial charge on any atom is 0.331 e. The quantitative estimate of drug-likeness (QED) is 0.530. The molecule has 1 heterocycles. The highest BCUT2D eigenvalue weighted by Crippen LogP contribution is 2.45. The molecule has 0 bridgehead atoms. The Balaban J connectivity index is 2.56.